The zero-order valence-electron chi connectivity index (χ0n) is 11.0. The van der Waals surface area contributed by atoms with Gasteiger partial charge in [-0.15, -0.1) is 0 Å². The predicted molar refractivity (Wildman–Crippen MR) is 63.6 cm³/mol. The fourth-order valence-electron chi connectivity index (χ4n) is 1.76. The van der Waals surface area contributed by atoms with E-state index in [0.717, 1.165) is 0 Å². The second-order valence-corrected chi connectivity index (χ2v) is 6.17. The van der Waals surface area contributed by atoms with Gasteiger partial charge < -0.3 is 4.90 Å². The smallest absolute Gasteiger partial charge is 0.225 e. The van der Waals surface area contributed by atoms with E-state index in [9.17, 15) is 4.79 Å². The molecule has 0 N–H and O–H groups in total. The lowest BCUT2D eigenvalue weighted by Gasteiger charge is -2.39. The van der Waals surface area contributed by atoms with Gasteiger partial charge in [0.1, 0.15) is 0 Å². The Balaban J connectivity index is 2.78. The van der Waals surface area contributed by atoms with Crippen LogP contribution in [0.25, 0.3) is 0 Å². The lowest BCUT2D eigenvalue weighted by Crippen LogP contribution is -2.48. The molecule has 0 bridgehead atoms. The number of hydrogen-bond donors (Lipinski definition) is 0. The zero-order chi connectivity index (χ0) is 11.8. The number of nitrogens with zero attached hydrogens (tertiary/aromatic N) is 1. The van der Waals surface area contributed by atoms with E-state index >= 15 is 0 Å². The first-order valence-corrected chi connectivity index (χ1v) is 6.07. The Bertz CT molecular complexity index is 235. The molecule has 0 aromatic heterocycles. The first-order chi connectivity index (χ1) is 6.75. The summed E-state index contributed by atoms with van der Waals surface area (Å²) in [5.41, 5.74) is 0.174. The minimum absolute atomic E-state index is 0.121. The van der Waals surface area contributed by atoms with Gasteiger partial charge >= 0.3 is 0 Å². The monoisotopic (exact) mass is 211 g/mol. The largest absolute Gasteiger partial charge is 0.336 e. The van der Waals surface area contributed by atoms with Gasteiger partial charge in [0.05, 0.1) is 0 Å². The van der Waals surface area contributed by atoms with Gasteiger partial charge in [0.15, 0.2) is 0 Å². The van der Waals surface area contributed by atoms with E-state index in [0.29, 0.717) is 18.0 Å². The molecule has 15 heavy (non-hydrogen) atoms. The Morgan fingerprint density at radius 3 is 1.93 bits per heavy atom. The topological polar surface area (TPSA) is 20.3 Å². The van der Waals surface area contributed by atoms with E-state index in [2.05, 4.69) is 32.6 Å². The molecular formula is C13H25NO. The quantitative estimate of drug-likeness (QED) is 0.702. The van der Waals surface area contributed by atoms with Crippen molar-refractivity contribution in [2.24, 2.45) is 11.3 Å². The summed E-state index contributed by atoms with van der Waals surface area (Å²) in [6.07, 6.45) is 2.39. The summed E-state index contributed by atoms with van der Waals surface area (Å²) in [4.78, 5) is 14.3. The molecule has 0 aliphatic heterocycles. The van der Waals surface area contributed by atoms with Crippen LogP contribution in [0.2, 0.25) is 0 Å². The minimum atomic E-state index is 0.121. The molecule has 1 fully saturated rings. The number of hydrogen-bond acceptors (Lipinski definition) is 1. The minimum Gasteiger partial charge on any atom is -0.336 e. The third-order valence-electron chi connectivity index (χ3n) is 3.36. The van der Waals surface area contributed by atoms with E-state index in [4.69, 9.17) is 0 Å². The van der Waals surface area contributed by atoms with Crippen molar-refractivity contribution in [3.05, 3.63) is 0 Å². The Hall–Kier alpha value is -0.530. The molecule has 0 heterocycles. The van der Waals surface area contributed by atoms with Crippen LogP contribution < -0.4 is 0 Å². The Labute approximate surface area is 94.0 Å². The molecule has 1 aliphatic rings. The van der Waals surface area contributed by atoms with Crippen molar-refractivity contribution >= 4 is 5.91 Å². The molecule has 1 amide bonds. The SMILES string of the molecule is CC(C)C(=O)N(C1CC1)[C@H](C)C(C)(C)C. The van der Waals surface area contributed by atoms with Crippen LogP contribution in [-0.2, 0) is 4.79 Å². The molecule has 0 unspecified atom stereocenters. The summed E-state index contributed by atoms with van der Waals surface area (Å²) in [7, 11) is 0. The van der Waals surface area contributed by atoms with Crippen molar-refractivity contribution in [1.82, 2.24) is 4.90 Å². The molecule has 1 aliphatic carbocycles. The number of carbonyl (C=O) groups excluding carboxylic acids is 1. The normalized spacial score (nSPS) is 19.1. The summed E-state index contributed by atoms with van der Waals surface area (Å²) in [5, 5.41) is 0. The molecule has 2 heteroatoms. The third kappa shape index (κ3) is 2.96. The molecule has 0 radical (unpaired) electrons. The second kappa shape index (κ2) is 4.15. The number of carbonyl (C=O) groups is 1. The second-order valence-electron chi connectivity index (χ2n) is 6.17. The maximum atomic E-state index is 12.1. The van der Waals surface area contributed by atoms with E-state index in [1.165, 1.54) is 12.8 Å². The van der Waals surface area contributed by atoms with Crippen molar-refractivity contribution < 1.29 is 4.79 Å². The fourth-order valence-corrected chi connectivity index (χ4v) is 1.76. The third-order valence-corrected chi connectivity index (χ3v) is 3.36. The van der Waals surface area contributed by atoms with Gasteiger partial charge in [-0.2, -0.15) is 0 Å². The van der Waals surface area contributed by atoms with Gasteiger partial charge in [0.25, 0.3) is 0 Å². The van der Waals surface area contributed by atoms with E-state index in [1.54, 1.807) is 0 Å². The maximum Gasteiger partial charge on any atom is 0.225 e. The van der Waals surface area contributed by atoms with Crippen molar-refractivity contribution in [2.75, 3.05) is 0 Å². The molecule has 0 saturated heterocycles. The van der Waals surface area contributed by atoms with Crippen LogP contribution in [0.3, 0.4) is 0 Å². The standard InChI is InChI=1S/C13H25NO/c1-9(2)12(15)14(11-7-8-11)10(3)13(4,5)6/h9-11H,7-8H2,1-6H3/t10-/m1/s1. The van der Waals surface area contributed by atoms with Crippen LogP contribution in [0, 0.1) is 11.3 Å². The van der Waals surface area contributed by atoms with Crippen LogP contribution in [0.15, 0.2) is 0 Å². The van der Waals surface area contributed by atoms with E-state index in [-0.39, 0.29) is 11.3 Å². The lowest BCUT2D eigenvalue weighted by molar-refractivity contribution is -0.139. The van der Waals surface area contributed by atoms with Crippen molar-refractivity contribution in [1.29, 1.82) is 0 Å². The van der Waals surface area contributed by atoms with Gasteiger partial charge in [-0.05, 0) is 25.2 Å². The molecule has 2 nitrogen and oxygen atoms in total. The van der Waals surface area contributed by atoms with Crippen LogP contribution in [-0.4, -0.2) is 22.9 Å². The summed E-state index contributed by atoms with van der Waals surface area (Å²) < 4.78 is 0. The molecule has 1 saturated carbocycles. The molecule has 0 spiro atoms. The number of rotatable bonds is 3. The van der Waals surface area contributed by atoms with Crippen molar-refractivity contribution in [3.63, 3.8) is 0 Å². The first kappa shape index (κ1) is 12.5. The predicted octanol–water partition coefficient (Wildman–Crippen LogP) is 3.07. The Morgan fingerprint density at radius 2 is 1.67 bits per heavy atom. The average molecular weight is 211 g/mol. The van der Waals surface area contributed by atoms with Gasteiger partial charge in [-0.1, -0.05) is 34.6 Å². The van der Waals surface area contributed by atoms with Gasteiger partial charge in [-0.25, -0.2) is 0 Å². The van der Waals surface area contributed by atoms with Crippen molar-refractivity contribution in [2.45, 2.75) is 66.5 Å². The summed E-state index contributed by atoms with van der Waals surface area (Å²) in [6, 6.07) is 0.856. The van der Waals surface area contributed by atoms with Gasteiger partial charge in [0, 0.05) is 18.0 Å². The Morgan fingerprint density at radius 1 is 1.20 bits per heavy atom. The molecule has 1 atom stereocenters. The zero-order valence-corrected chi connectivity index (χ0v) is 11.0. The summed E-state index contributed by atoms with van der Waals surface area (Å²) in [6.45, 7) is 12.8. The molecule has 0 aromatic rings. The highest BCUT2D eigenvalue weighted by Crippen LogP contribution is 2.35. The fraction of sp³-hybridized carbons (Fsp3) is 0.923. The average Bonchev–Trinajstić information content (AvgIpc) is 2.86. The highest BCUT2D eigenvalue weighted by molar-refractivity contribution is 5.79. The maximum absolute atomic E-state index is 12.1. The molecule has 0 aromatic carbocycles. The first-order valence-electron chi connectivity index (χ1n) is 6.07. The lowest BCUT2D eigenvalue weighted by atomic mass is 9.86. The van der Waals surface area contributed by atoms with Crippen LogP contribution >= 0.6 is 0 Å². The summed E-state index contributed by atoms with van der Waals surface area (Å²) >= 11 is 0. The van der Waals surface area contributed by atoms with Gasteiger partial charge in [0.2, 0.25) is 5.91 Å². The van der Waals surface area contributed by atoms with Crippen LogP contribution in [0.1, 0.15) is 54.4 Å². The van der Waals surface area contributed by atoms with Crippen LogP contribution in [0.5, 0.6) is 0 Å². The van der Waals surface area contributed by atoms with Gasteiger partial charge in [-0.3, -0.25) is 4.79 Å². The van der Waals surface area contributed by atoms with Crippen LogP contribution in [0.4, 0.5) is 0 Å². The summed E-state index contributed by atoms with van der Waals surface area (Å²) in [5.74, 6) is 0.440. The van der Waals surface area contributed by atoms with Crippen molar-refractivity contribution in [3.8, 4) is 0 Å². The molecule has 1 rings (SSSR count). The highest BCUT2D eigenvalue weighted by Gasteiger charge is 2.40. The molecule has 88 valence electrons. The highest BCUT2D eigenvalue weighted by atomic mass is 16.2. The van der Waals surface area contributed by atoms with E-state index < -0.39 is 0 Å². The Kier molecular flexibility index (Phi) is 3.47. The number of amides is 1. The molecular weight excluding hydrogens is 186 g/mol. The van der Waals surface area contributed by atoms with E-state index in [1.807, 2.05) is 13.8 Å².